The van der Waals surface area contributed by atoms with Gasteiger partial charge in [-0.1, -0.05) is 130 Å². The molecule has 0 amide bonds. The lowest BCUT2D eigenvalue weighted by molar-refractivity contribution is -0.00000755. The molecule has 0 fully saturated rings. The van der Waals surface area contributed by atoms with Crippen LogP contribution in [0, 0.1) is 0 Å². The van der Waals surface area contributed by atoms with Gasteiger partial charge < -0.3 is 17.0 Å². The van der Waals surface area contributed by atoms with Gasteiger partial charge in [-0.3, -0.25) is 0 Å². The molecule has 0 aliphatic heterocycles. The van der Waals surface area contributed by atoms with E-state index in [0.717, 1.165) is 0 Å². The van der Waals surface area contributed by atoms with Crippen molar-refractivity contribution < 1.29 is 17.0 Å². The first-order valence-electron chi connectivity index (χ1n) is 16.1. The lowest BCUT2D eigenvalue weighted by atomic mass is 10.1. The SMILES string of the molecule is CCCCCCCCCCCCCC[P+](CCCCCC)(CCCCCC)CCCCCC.[Br-]. The molecule has 0 unspecified atom stereocenters. The van der Waals surface area contributed by atoms with E-state index < -0.39 is 7.26 Å². The predicted molar refractivity (Wildman–Crippen MR) is 160 cm³/mol. The Balaban J connectivity index is 0. The molecule has 0 nitrogen and oxygen atoms in total. The molecule has 2 heteroatoms. The van der Waals surface area contributed by atoms with Crippen LogP contribution in [0.5, 0.6) is 0 Å². The third-order valence-electron chi connectivity index (χ3n) is 7.94. The van der Waals surface area contributed by atoms with Gasteiger partial charge in [0.2, 0.25) is 0 Å². The monoisotopic (exact) mass is 562 g/mol. The van der Waals surface area contributed by atoms with Crippen LogP contribution < -0.4 is 17.0 Å². The molecule has 0 aromatic heterocycles. The van der Waals surface area contributed by atoms with Gasteiger partial charge in [-0.05, 0) is 51.4 Å². The largest absolute Gasteiger partial charge is 1.00 e. The summed E-state index contributed by atoms with van der Waals surface area (Å²) in [5.74, 6) is 0. The highest BCUT2D eigenvalue weighted by Gasteiger charge is 2.34. The van der Waals surface area contributed by atoms with Gasteiger partial charge in [-0.15, -0.1) is 0 Å². The lowest BCUT2D eigenvalue weighted by Gasteiger charge is -2.28. The number of hydrogen-bond acceptors (Lipinski definition) is 0. The fourth-order valence-electron chi connectivity index (χ4n) is 5.58. The predicted octanol–water partition coefficient (Wildman–Crippen LogP) is 9.45. The van der Waals surface area contributed by atoms with E-state index >= 15 is 0 Å². The quantitative estimate of drug-likeness (QED) is 0.0657. The maximum Gasteiger partial charge on any atom is 0.0594 e. The van der Waals surface area contributed by atoms with Crippen molar-refractivity contribution in [3.8, 4) is 0 Å². The summed E-state index contributed by atoms with van der Waals surface area (Å²) < 4.78 is 0. The molecular formula is C32H68BrP. The molecule has 0 aliphatic carbocycles. The van der Waals surface area contributed by atoms with Crippen molar-refractivity contribution in [3.05, 3.63) is 0 Å². The molecule has 0 spiro atoms. The Morgan fingerprint density at radius 2 is 0.441 bits per heavy atom. The van der Waals surface area contributed by atoms with Crippen LogP contribution in [0.1, 0.15) is 182 Å². The molecule has 0 heterocycles. The first kappa shape index (κ1) is 37.1. The van der Waals surface area contributed by atoms with Gasteiger partial charge in [0.05, 0.1) is 24.6 Å². The second-order valence-electron chi connectivity index (χ2n) is 11.3. The van der Waals surface area contributed by atoms with E-state index in [1.807, 2.05) is 0 Å². The van der Waals surface area contributed by atoms with E-state index in [1.165, 1.54) is 128 Å². The molecule has 34 heavy (non-hydrogen) atoms. The summed E-state index contributed by atoms with van der Waals surface area (Å²) in [4.78, 5) is 0. The summed E-state index contributed by atoms with van der Waals surface area (Å²) in [7, 11) is -0.697. The molecule has 0 saturated heterocycles. The summed E-state index contributed by atoms with van der Waals surface area (Å²) in [5, 5.41) is 0. The van der Waals surface area contributed by atoms with E-state index in [0.29, 0.717) is 0 Å². The van der Waals surface area contributed by atoms with Crippen LogP contribution in [0.25, 0.3) is 0 Å². The molecule has 0 radical (unpaired) electrons. The first-order valence-corrected chi connectivity index (χ1v) is 18.6. The fourth-order valence-corrected chi connectivity index (χ4v) is 10.5. The van der Waals surface area contributed by atoms with Crippen molar-refractivity contribution in [2.75, 3.05) is 24.6 Å². The highest BCUT2D eigenvalue weighted by atomic mass is 79.9. The highest BCUT2D eigenvalue weighted by Crippen LogP contribution is 2.61. The third kappa shape index (κ3) is 24.6. The van der Waals surface area contributed by atoms with Gasteiger partial charge >= 0.3 is 0 Å². The number of halogens is 1. The molecule has 208 valence electrons. The molecule has 0 saturated carbocycles. The summed E-state index contributed by atoms with van der Waals surface area (Å²) >= 11 is 0. The minimum atomic E-state index is -0.697. The van der Waals surface area contributed by atoms with Crippen LogP contribution >= 0.6 is 7.26 Å². The Morgan fingerprint density at radius 1 is 0.265 bits per heavy atom. The highest BCUT2D eigenvalue weighted by molar-refractivity contribution is 7.75. The van der Waals surface area contributed by atoms with Crippen LogP contribution in [-0.2, 0) is 0 Å². The fraction of sp³-hybridized carbons (Fsp3) is 1.00. The average Bonchev–Trinajstić information content (AvgIpc) is 2.83. The molecular weight excluding hydrogens is 495 g/mol. The molecule has 0 aromatic carbocycles. The van der Waals surface area contributed by atoms with Crippen LogP contribution in [-0.4, -0.2) is 24.6 Å². The van der Waals surface area contributed by atoms with Gasteiger partial charge in [0.15, 0.2) is 0 Å². The Hall–Kier alpha value is 0.910. The third-order valence-corrected chi connectivity index (χ3v) is 13.0. The lowest BCUT2D eigenvalue weighted by Crippen LogP contribution is -3.00. The van der Waals surface area contributed by atoms with Gasteiger partial charge in [0.25, 0.3) is 0 Å². The first-order chi connectivity index (χ1) is 16.2. The zero-order chi connectivity index (χ0) is 24.3. The van der Waals surface area contributed by atoms with Crippen LogP contribution in [0.2, 0.25) is 0 Å². The normalized spacial score (nSPS) is 11.6. The van der Waals surface area contributed by atoms with Crippen molar-refractivity contribution in [1.82, 2.24) is 0 Å². The van der Waals surface area contributed by atoms with E-state index in [-0.39, 0.29) is 17.0 Å². The molecule has 0 N–H and O–H groups in total. The van der Waals surface area contributed by atoms with Crippen molar-refractivity contribution in [3.63, 3.8) is 0 Å². The Labute approximate surface area is 230 Å². The van der Waals surface area contributed by atoms with E-state index in [9.17, 15) is 0 Å². The second-order valence-corrected chi connectivity index (χ2v) is 15.8. The smallest absolute Gasteiger partial charge is 0.0594 e. The average molecular weight is 564 g/mol. The summed E-state index contributed by atoms with van der Waals surface area (Å²) in [6, 6.07) is 0. The topological polar surface area (TPSA) is 0 Å². The number of unbranched alkanes of at least 4 members (excludes halogenated alkanes) is 20. The Morgan fingerprint density at radius 3 is 0.676 bits per heavy atom. The van der Waals surface area contributed by atoms with Crippen molar-refractivity contribution in [2.24, 2.45) is 0 Å². The minimum absolute atomic E-state index is 0. The zero-order valence-corrected chi connectivity index (χ0v) is 27.1. The van der Waals surface area contributed by atoms with Crippen LogP contribution in [0.3, 0.4) is 0 Å². The van der Waals surface area contributed by atoms with Crippen molar-refractivity contribution in [1.29, 1.82) is 0 Å². The van der Waals surface area contributed by atoms with E-state index in [4.69, 9.17) is 0 Å². The standard InChI is InChI=1S/C32H68P.BrH/c1-5-9-13-17-18-19-20-21-22-23-24-28-32-33(29-25-14-10-6-2,30-26-15-11-7-3)31-27-16-12-8-4;/h5-32H2,1-4H3;1H/q+1;/p-1. The molecule has 0 aromatic rings. The van der Waals surface area contributed by atoms with E-state index in [2.05, 4.69) is 27.7 Å². The maximum atomic E-state index is 2.37. The summed E-state index contributed by atoms with van der Waals surface area (Å²) in [6.45, 7) is 9.41. The number of hydrogen-bond donors (Lipinski definition) is 0. The molecule has 0 rings (SSSR count). The van der Waals surface area contributed by atoms with Gasteiger partial charge in [0.1, 0.15) is 0 Å². The molecule has 0 aliphatic rings. The van der Waals surface area contributed by atoms with Crippen LogP contribution in [0.4, 0.5) is 0 Å². The van der Waals surface area contributed by atoms with Gasteiger partial charge in [0, 0.05) is 7.26 Å². The molecule has 0 atom stereocenters. The van der Waals surface area contributed by atoms with Crippen molar-refractivity contribution in [2.45, 2.75) is 182 Å². The van der Waals surface area contributed by atoms with Crippen molar-refractivity contribution >= 4 is 7.26 Å². The second kappa shape index (κ2) is 30.1. The van der Waals surface area contributed by atoms with Gasteiger partial charge in [-0.25, -0.2) is 0 Å². The molecule has 0 bridgehead atoms. The summed E-state index contributed by atoms with van der Waals surface area (Å²) in [5.41, 5.74) is 0. The Kier molecular flexibility index (Phi) is 32.9. The zero-order valence-electron chi connectivity index (χ0n) is 24.6. The maximum absolute atomic E-state index is 2.37. The van der Waals surface area contributed by atoms with Crippen LogP contribution in [0.15, 0.2) is 0 Å². The minimum Gasteiger partial charge on any atom is -1.00 e. The van der Waals surface area contributed by atoms with E-state index in [1.54, 1.807) is 50.3 Å². The Bertz CT molecular complexity index is 326. The van der Waals surface area contributed by atoms with Gasteiger partial charge in [-0.2, -0.15) is 0 Å². The number of rotatable bonds is 28. The summed E-state index contributed by atoms with van der Waals surface area (Å²) in [6.07, 6.45) is 42.1.